The maximum Gasteiger partial charge on any atom is 0.175 e. The molecular weight excluding hydrogens is 270 g/mol. The van der Waals surface area contributed by atoms with Crippen molar-refractivity contribution in [3.05, 3.63) is 22.2 Å². The molecule has 0 aliphatic carbocycles. The van der Waals surface area contributed by atoms with Crippen LogP contribution in [0.5, 0.6) is 11.5 Å². The molecule has 2 rings (SSSR count). The predicted molar refractivity (Wildman–Crippen MR) is 67.2 cm³/mol. The van der Waals surface area contributed by atoms with Gasteiger partial charge in [-0.05, 0) is 41.4 Å². The van der Waals surface area contributed by atoms with E-state index in [0.717, 1.165) is 28.9 Å². The minimum absolute atomic E-state index is 0.386. The normalized spacial score (nSPS) is 19.8. The van der Waals surface area contributed by atoms with Gasteiger partial charge in [-0.15, -0.1) is 0 Å². The first-order valence-corrected chi connectivity index (χ1v) is 6.21. The average Bonchev–Trinajstić information content (AvgIpc) is 2.81. The lowest BCUT2D eigenvalue weighted by Crippen LogP contribution is -2.14. The Hall–Kier alpha value is -0.740. The van der Waals surface area contributed by atoms with Crippen molar-refractivity contribution in [2.24, 2.45) is 0 Å². The van der Waals surface area contributed by atoms with Crippen LogP contribution < -0.4 is 14.8 Å². The summed E-state index contributed by atoms with van der Waals surface area (Å²) in [5.41, 5.74) is 1.18. The summed E-state index contributed by atoms with van der Waals surface area (Å²) in [7, 11) is 3.34. The van der Waals surface area contributed by atoms with E-state index in [-0.39, 0.29) is 0 Å². The van der Waals surface area contributed by atoms with Crippen molar-refractivity contribution in [3.63, 3.8) is 0 Å². The molecule has 16 heavy (non-hydrogen) atoms. The van der Waals surface area contributed by atoms with E-state index < -0.39 is 0 Å². The molecular formula is C12H16BrNO2. The maximum atomic E-state index is 5.47. The molecule has 1 N–H and O–H groups in total. The summed E-state index contributed by atoms with van der Waals surface area (Å²) in [6.07, 6.45) is 2.37. The topological polar surface area (TPSA) is 30.5 Å². The summed E-state index contributed by atoms with van der Waals surface area (Å²) in [5, 5.41) is 3.47. The zero-order chi connectivity index (χ0) is 11.5. The van der Waals surface area contributed by atoms with Crippen LogP contribution in [0.15, 0.2) is 16.6 Å². The smallest absolute Gasteiger partial charge is 0.175 e. The maximum absolute atomic E-state index is 5.47. The van der Waals surface area contributed by atoms with Gasteiger partial charge in [-0.1, -0.05) is 6.07 Å². The zero-order valence-electron chi connectivity index (χ0n) is 9.55. The minimum Gasteiger partial charge on any atom is -0.492 e. The lowest BCUT2D eigenvalue weighted by atomic mass is 10.0. The number of hydrogen-bond donors (Lipinski definition) is 1. The molecule has 1 unspecified atom stereocenters. The fraction of sp³-hybridized carbons (Fsp3) is 0.500. The first-order chi connectivity index (χ1) is 7.77. The highest BCUT2D eigenvalue weighted by atomic mass is 79.9. The van der Waals surface area contributed by atoms with Gasteiger partial charge in [0, 0.05) is 11.6 Å². The number of methoxy groups -OCH3 is 2. The van der Waals surface area contributed by atoms with Crippen LogP contribution in [-0.4, -0.2) is 20.8 Å². The Labute approximate surface area is 104 Å². The van der Waals surface area contributed by atoms with Crippen LogP contribution in [0, 0.1) is 0 Å². The van der Waals surface area contributed by atoms with Gasteiger partial charge in [0.1, 0.15) is 0 Å². The van der Waals surface area contributed by atoms with E-state index in [2.05, 4.69) is 27.3 Å². The van der Waals surface area contributed by atoms with Crippen molar-refractivity contribution in [3.8, 4) is 11.5 Å². The van der Waals surface area contributed by atoms with Gasteiger partial charge in [-0.3, -0.25) is 0 Å². The molecule has 1 aliphatic rings. The molecule has 1 aliphatic heterocycles. The second-order valence-electron chi connectivity index (χ2n) is 3.85. The third kappa shape index (κ3) is 2.04. The highest BCUT2D eigenvalue weighted by Gasteiger charge is 2.23. The highest BCUT2D eigenvalue weighted by Crippen LogP contribution is 2.42. The Morgan fingerprint density at radius 2 is 2.00 bits per heavy atom. The van der Waals surface area contributed by atoms with Crippen LogP contribution in [0.3, 0.4) is 0 Å². The number of ether oxygens (including phenoxy) is 2. The van der Waals surface area contributed by atoms with Crippen molar-refractivity contribution < 1.29 is 9.47 Å². The molecule has 0 amide bonds. The molecule has 1 heterocycles. The van der Waals surface area contributed by atoms with Gasteiger partial charge >= 0.3 is 0 Å². The van der Waals surface area contributed by atoms with Crippen LogP contribution in [0.1, 0.15) is 24.4 Å². The van der Waals surface area contributed by atoms with Crippen molar-refractivity contribution in [1.82, 2.24) is 5.32 Å². The van der Waals surface area contributed by atoms with Crippen LogP contribution >= 0.6 is 15.9 Å². The zero-order valence-corrected chi connectivity index (χ0v) is 11.1. The summed E-state index contributed by atoms with van der Waals surface area (Å²) < 4.78 is 11.8. The minimum atomic E-state index is 0.386. The van der Waals surface area contributed by atoms with Gasteiger partial charge in [0.25, 0.3) is 0 Å². The lowest BCUT2D eigenvalue weighted by molar-refractivity contribution is 0.346. The molecule has 1 fully saturated rings. The van der Waals surface area contributed by atoms with Gasteiger partial charge in [-0.25, -0.2) is 0 Å². The molecule has 1 saturated heterocycles. The quantitative estimate of drug-likeness (QED) is 0.926. The van der Waals surface area contributed by atoms with E-state index in [9.17, 15) is 0 Å². The van der Waals surface area contributed by atoms with E-state index in [1.54, 1.807) is 14.2 Å². The van der Waals surface area contributed by atoms with E-state index in [0.29, 0.717) is 6.04 Å². The van der Waals surface area contributed by atoms with Crippen molar-refractivity contribution in [2.75, 3.05) is 20.8 Å². The van der Waals surface area contributed by atoms with Gasteiger partial charge in [-0.2, -0.15) is 0 Å². The molecule has 4 heteroatoms. The van der Waals surface area contributed by atoms with Crippen molar-refractivity contribution in [2.45, 2.75) is 18.9 Å². The summed E-state index contributed by atoms with van der Waals surface area (Å²) in [6.45, 7) is 1.08. The van der Waals surface area contributed by atoms with E-state index in [1.807, 2.05) is 6.07 Å². The first-order valence-electron chi connectivity index (χ1n) is 5.41. The van der Waals surface area contributed by atoms with Gasteiger partial charge in [0.15, 0.2) is 11.5 Å². The third-order valence-electron chi connectivity index (χ3n) is 2.94. The molecule has 0 saturated carbocycles. The molecule has 0 bridgehead atoms. The number of halogens is 1. The summed E-state index contributed by atoms with van der Waals surface area (Å²) in [5.74, 6) is 1.60. The Kier molecular flexibility index (Phi) is 3.71. The highest BCUT2D eigenvalue weighted by molar-refractivity contribution is 9.10. The van der Waals surface area contributed by atoms with E-state index in [4.69, 9.17) is 9.47 Å². The van der Waals surface area contributed by atoms with Crippen molar-refractivity contribution >= 4 is 15.9 Å². The van der Waals surface area contributed by atoms with Crippen molar-refractivity contribution in [1.29, 1.82) is 0 Å². The Morgan fingerprint density at radius 3 is 2.56 bits per heavy atom. The standard InChI is InChI=1S/C12H16BrNO2/c1-15-11-8(10-4-3-7-14-10)5-6-9(13)12(11)16-2/h5-6,10,14H,3-4,7H2,1-2H3. The summed E-state index contributed by atoms with van der Waals surface area (Å²) in [6, 6.07) is 4.49. The molecule has 0 spiro atoms. The molecule has 88 valence electrons. The van der Waals surface area contributed by atoms with Crippen LogP contribution in [-0.2, 0) is 0 Å². The Bertz CT molecular complexity index is 376. The number of hydrogen-bond acceptors (Lipinski definition) is 3. The van der Waals surface area contributed by atoms with Gasteiger partial charge in [0.05, 0.1) is 18.7 Å². The largest absolute Gasteiger partial charge is 0.492 e. The number of benzene rings is 1. The summed E-state index contributed by atoms with van der Waals surface area (Å²) >= 11 is 3.47. The monoisotopic (exact) mass is 285 g/mol. The molecule has 1 atom stereocenters. The fourth-order valence-corrected chi connectivity index (χ4v) is 2.65. The third-order valence-corrected chi connectivity index (χ3v) is 3.56. The number of rotatable bonds is 3. The second-order valence-corrected chi connectivity index (χ2v) is 4.71. The molecule has 0 radical (unpaired) electrons. The number of nitrogens with one attached hydrogen (secondary N) is 1. The lowest BCUT2D eigenvalue weighted by Gasteiger charge is -2.18. The average molecular weight is 286 g/mol. The molecule has 3 nitrogen and oxygen atoms in total. The van der Waals surface area contributed by atoms with Gasteiger partial charge in [0.2, 0.25) is 0 Å². The van der Waals surface area contributed by atoms with Crippen LogP contribution in [0.25, 0.3) is 0 Å². The first kappa shape index (κ1) is 11.7. The van der Waals surface area contributed by atoms with Gasteiger partial charge < -0.3 is 14.8 Å². The SMILES string of the molecule is COc1c(Br)ccc(C2CCCN2)c1OC. The Balaban J connectivity index is 2.43. The molecule has 1 aromatic carbocycles. The molecule has 0 aromatic heterocycles. The fourth-order valence-electron chi connectivity index (χ4n) is 2.18. The Morgan fingerprint density at radius 1 is 1.25 bits per heavy atom. The molecule has 1 aromatic rings. The van der Waals surface area contributed by atoms with E-state index >= 15 is 0 Å². The van der Waals surface area contributed by atoms with E-state index in [1.165, 1.54) is 12.0 Å². The van der Waals surface area contributed by atoms with Crippen LogP contribution in [0.2, 0.25) is 0 Å². The summed E-state index contributed by atoms with van der Waals surface area (Å²) in [4.78, 5) is 0. The predicted octanol–water partition coefficient (Wildman–Crippen LogP) is 2.89. The van der Waals surface area contributed by atoms with Crippen LogP contribution in [0.4, 0.5) is 0 Å². The second kappa shape index (κ2) is 5.06.